The van der Waals surface area contributed by atoms with Crippen molar-refractivity contribution in [2.75, 3.05) is 7.11 Å². The second-order valence-corrected chi connectivity index (χ2v) is 3.84. The number of para-hydroxylation sites is 1. The number of nitrogens with zero attached hydrogens (tertiary/aromatic N) is 2. The van der Waals surface area contributed by atoms with E-state index in [0.717, 1.165) is 16.9 Å². The number of carbonyl (C=O) groups is 1. The highest BCUT2D eigenvalue weighted by Crippen LogP contribution is 2.28. The van der Waals surface area contributed by atoms with Gasteiger partial charge in [0.25, 0.3) is 0 Å². The van der Waals surface area contributed by atoms with Crippen LogP contribution in [0.3, 0.4) is 0 Å². The molecule has 0 aliphatic carbocycles. The molecule has 2 aromatic rings. The number of hydrogen-bond donors (Lipinski definition) is 1. The highest BCUT2D eigenvalue weighted by molar-refractivity contribution is 5.69. The largest absolute Gasteiger partial charge is 0.496 e. The van der Waals surface area contributed by atoms with Crippen LogP contribution in [0.5, 0.6) is 5.75 Å². The van der Waals surface area contributed by atoms with Crippen molar-refractivity contribution in [2.24, 2.45) is 0 Å². The summed E-state index contributed by atoms with van der Waals surface area (Å²) >= 11 is 0. The van der Waals surface area contributed by atoms with E-state index in [1.807, 2.05) is 30.5 Å². The topological polar surface area (TPSA) is 64.4 Å². The molecule has 0 amide bonds. The van der Waals surface area contributed by atoms with Gasteiger partial charge >= 0.3 is 5.97 Å². The monoisotopic (exact) mass is 246 g/mol. The third-order valence-electron chi connectivity index (χ3n) is 2.61. The van der Waals surface area contributed by atoms with Crippen LogP contribution in [0.2, 0.25) is 0 Å². The average Bonchev–Trinajstić information content (AvgIpc) is 2.85. The maximum atomic E-state index is 10.5. The molecule has 5 heteroatoms. The minimum Gasteiger partial charge on any atom is -0.496 e. The van der Waals surface area contributed by atoms with Gasteiger partial charge in [0.05, 0.1) is 26.3 Å². The van der Waals surface area contributed by atoms with Gasteiger partial charge in [-0.1, -0.05) is 18.2 Å². The van der Waals surface area contributed by atoms with Crippen LogP contribution in [0.15, 0.2) is 36.7 Å². The first-order chi connectivity index (χ1) is 8.70. The van der Waals surface area contributed by atoms with Crippen molar-refractivity contribution >= 4 is 5.97 Å². The molecule has 18 heavy (non-hydrogen) atoms. The fraction of sp³-hybridized carbons (Fsp3) is 0.231. The smallest absolute Gasteiger partial charge is 0.305 e. The maximum absolute atomic E-state index is 10.5. The van der Waals surface area contributed by atoms with Crippen LogP contribution in [-0.2, 0) is 11.3 Å². The number of aryl methyl sites for hydroxylation is 1. The predicted octanol–water partition coefficient (Wildman–Crippen LogP) is 2.03. The number of methoxy groups -OCH3 is 1. The molecule has 1 aromatic heterocycles. The Morgan fingerprint density at radius 2 is 2.22 bits per heavy atom. The van der Waals surface area contributed by atoms with E-state index in [0.29, 0.717) is 6.54 Å². The fourth-order valence-corrected chi connectivity index (χ4v) is 1.72. The Hall–Kier alpha value is -2.30. The van der Waals surface area contributed by atoms with Crippen molar-refractivity contribution < 1.29 is 14.6 Å². The van der Waals surface area contributed by atoms with Gasteiger partial charge in [0.15, 0.2) is 0 Å². The Labute approximate surface area is 105 Å². The van der Waals surface area contributed by atoms with Gasteiger partial charge in [0.1, 0.15) is 5.75 Å². The highest BCUT2D eigenvalue weighted by Gasteiger charge is 2.07. The summed E-state index contributed by atoms with van der Waals surface area (Å²) in [5.74, 6) is -0.0559. The second-order valence-electron chi connectivity index (χ2n) is 3.84. The van der Waals surface area contributed by atoms with Crippen LogP contribution in [-0.4, -0.2) is 28.0 Å². The van der Waals surface area contributed by atoms with Crippen molar-refractivity contribution in [3.63, 3.8) is 0 Å². The van der Waals surface area contributed by atoms with Gasteiger partial charge in [-0.3, -0.25) is 9.48 Å². The summed E-state index contributed by atoms with van der Waals surface area (Å²) in [5.41, 5.74) is 1.86. The van der Waals surface area contributed by atoms with E-state index in [1.54, 1.807) is 18.0 Å². The summed E-state index contributed by atoms with van der Waals surface area (Å²) in [6, 6.07) is 7.64. The number of hydrogen-bond acceptors (Lipinski definition) is 3. The number of aliphatic carboxylic acids is 1. The van der Waals surface area contributed by atoms with Crippen LogP contribution in [0.1, 0.15) is 6.42 Å². The van der Waals surface area contributed by atoms with E-state index in [-0.39, 0.29) is 6.42 Å². The standard InChI is InChI=1S/C13H14N2O3/c1-18-12-5-3-2-4-11(12)10-8-14-15(9-10)7-6-13(16)17/h2-5,8-9H,6-7H2,1H3,(H,16,17). The molecule has 0 aliphatic heterocycles. The summed E-state index contributed by atoms with van der Waals surface area (Å²) in [6.07, 6.45) is 3.59. The van der Waals surface area contributed by atoms with E-state index in [1.165, 1.54) is 0 Å². The normalized spacial score (nSPS) is 10.3. The minimum absolute atomic E-state index is 0.0625. The Bertz CT molecular complexity index is 549. The van der Waals surface area contributed by atoms with Crippen LogP contribution in [0.25, 0.3) is 11.1 Å². The van der Waals surface area contributed by atoms with Crippen LogP contribution in [0.4, 0.5) is 0 Å². The Kier molecular flexibility index (Phi) is 3.62. The van der Waals surface area contributed by atoms with E-state index in [9.17, 15) is 4.79 Å². The van der Waals surface area contributed by atoms with E-state index >= 15 is 0 Å². The minimum atomic E-state index is -0.829. The number of ether oxygens (including phenoxy) is 1. The van der Waals surface area contributed by atoms with Crippen LogP contribution >= 0.6 is 0 Å². The summed E-state index contributed by atoms with van der Waals surface area (Å²) < 4.78 is 6.90. The molecule has 0 fully saturated rings. The predicted molar refractivity (Wildman–Crippen MR) is 66.5 cm³/mol. The zero-order valence-electron chi connectivity index (χ0n) is 10.0. The summed E-state index contributed by atoms with van der Waals surface area (Å²) in [4.78, 5) is 10.5. The van der Waals surface area contributed by atoms with Gasteiger partial charge in [0.2, 0.25) is 0 Å². The second kappa shape index (κ2) is 5.35. The van der Waals surface area contributed by atoms with Crippen molar-refractivity contribution in [1.82, 2.24) is 9.78 Å². The lowest BCUT2D eigenvalue weighted by atomic mass is 10.1. The van der Waals surface area contributed by atoms with E-state index in [2.05, 4.69) is 5.10 Å². The summed E-state index contributed by atoms with van der Waals surface area (Å²) in [6.45, 7) is 0.366. The molecule has 1 heterocycles. The molecular formula is C13H14N2O3. The van der Waals surface area contributed by atoms with Gasteiger partial charge in [-0.2, -0.15) is 5.10 Å². The van der Waals surface area contributed by atoms with E-state index in [4.69, 9.17) is 9.84 Å². The highest BCUT2D eigenvalue weighted by atomic mass is 16.5. The Balaban J connectivity index is 2.21. The molecule has 5 nitrogen and oxygen atoms in total. The third-order valence-corrected chi connectivity index (χ3v) is 2.61. The van der Waals surface area contributed by atoms with Crippen LogP contribution in [0, 0.1) is 0 Å². The zero-order chi connectivity index (χ0) is 13.0. The molecule has 1 aromatic carbocycles. The molecule has 0 bridgehead atoms. The quantitative estimate of drug-likeness (QED) is 0.876. The van der Waals surface area contributed by atoms with Crippen LogP contribution < -0.4 is 4.74 Å². The molecule has 0 radical (unpaired) electrons. The molecule has 94 valence electrons. The summed E-state index contributed by atoms with van der Waals surface area (Å²) in [5, 5.41) is 12.8. The van der Waals surface area contributed by atoms with Gasteiger partial charge in [-0.05, 0) is 6.07 Å². The van der Waals surface area contributed by atoms with Gasteiger partial charge < -0.3 is 9.84 Å². The Morgan fingerprint density at radius 1 is 1.44 bits per heavy atom. The average molecular weight is 246 g/mol. The lowest BCUT2D eigenvalue weighted by molar-refractivity contribution is -0.137. The van der Waals surface area contributed by atoms with Gasteiger partial charge in [-0.15, -0.1) is 0 Å². The molecular weight excluding hydrogens is 232 g/mol. The first kappa shape index (κ1) is 12.2. The zero-order valence-corrected chi connectivity index (χ0v) is 10.0. The molecule has 0 aliphatic rings. The van der Waals surface area contributed by atoms with Crippen molar-refractivity contribution in [2.45, 2.75) is 13.0 Å². The molecule has 0 atom stereocenters. The third kappa shape index (κ3) is 2.68. The SMILES string of the molecule is COc1ccccc1-c1cnn(CCC(=O)O)c1. The van der Waals surface area contributed by atoms with Crippen molar-refractivity contribution in [3.05, 3.63) is 36.7 Å². The Morgan fingerprint density at radius 3 is 2.94 bits per heavy atom. The maximum Gasteiger partial charge on any atom is 0.305 e. The number of aromatic nitrogens is 2. The summed E-state index contributed by atoms with van der Waals surface area (Å²) in [7, 11) is 1.62. The number of benzene rings is 1. The van der Waals surface area contributed by atoms with Gasteiger partial charge in [-0.25, -0.2) is 0 Å². The first-order valence-electron chi connectivity index (χ1n) is 5.58. The van der Waals surface area contributed by atoms with E-state index < -0.39 is 5.97 Å². The lowest BCUT2D eigenvalue weighted by Crippen LogP contribution is -2.04. The van der Waals surface area contributed by atoms with Gasteiger partial charge in [0, 0.05) is 17.3 Å². The molecule has 0 spiro atoms. The molecule has 0 saturated carbocycles. The lowest BCUT2D eigenvalue weighted by Gasteiger charge is -2.05. The van der Waals surface area contributed by atoms with Crippen molar-refractivity contribution in [3.8, 4) is 16.9 Å². The molecule has 1 N–H and O–H groups in total. The fourth-order valence-electron chi connectivity index (χ4n) is 1.72. The number of carboxylic acid groups (broad SMARTS) is 1. The number of rotatable bonds is 5. The van der Waals surface area contributed by atoms with Crippen molar-refractivity contribution in [1.29, 1.82) is 0 Å². The number of carboxylic acids is 1. The molecule has 0 unspecified atom stereocenters. The first-order valence-corrected chi connectivity index (χ1v) is 5.58. The molecule has 0 saturated heterocycles. The molecule has 2 rings (SSSR count).